The second kappa shape index (κ2) is 8.29. The Morgan fingerprint density at radius 2 is 2.17 bits per heavy atom. The van der Waals surface area contributed by atoms with E-state index in [2.05, 4.69) is 0 Å². The van der Waals surface area contributed by atoms with Crippen molar-refractivity contribution in [1.29, 1.82) is 0 Å². The summed E-state index contributed by atoms with van der Waals surface area (Å²) in [7, 11) is 3.19. The number of likely N-dealkylation sites (tertiary alicyclic amines) is 1. The summed E-state index contributed by atoms with van der Waals surface area (Å²) in [4.78, 5) is 14.4. The standard InChI is InChI=1S/C17H25NO5/c1-21-9-10-23-15-6-3-5-14(11-15)16(20)18-8-4-7-17(12-18,13-19)22-2/h3,5-6,11,19H,4,7-10,12-13H2,1-2H3/t17-/m1/s1. The van der Waals surface area contributed by atoms with Gasteiger partial charge >= 0.3 is 0 Å². The fraction of sp³-hybridized carbons (Fsp3) is 0.588. The third kappa shape index (κ3) is 4.43. The van der Waals surface area contributed by atoms with E-state index in [0.29, 0.717) is 37.6 Å². The first-order valence-electron chi connectivity index (χ1n) is 7.81. The highest BCUT2D eigenvalue weighted by Crippen LogP contribution is 2.26. The number of ether oxygens (including phenoxy) is 3. The first kappa shape index (κ1) is 17.7. The first-order valence-corrected chi connectivity index (χ1v) is 7.81. The Morgan fingerprint density at radius 3 is 2.87 bits per heavy atom. The van der Waals surface area contributed by atoms with Crippen molar-refractivity contribution in [3.05, 3.63) is 29.8 Å². The molecule has 1 amide bonds. The van der Waals surface area contributed by atoms with Gasteiger partial charge in [-0.25, -0.2) is 0 Å². The van der Waals surface area contributed by atoms with Crippen LogP contribution in [-0.2, 0) is 9.47 Å². The van der Waals surface area contributed by atoms with Crippen LogP contribution in [0.25, 0.3) is 0 Å². The lowest BCUT2D eigenvalue weighted by Crippen LogP contribution is -2.53. The monoisotopic (exact) mass is 323 g/mol. The predicted molar refractivity (Wildman–Crippen MR) is 85.8 cm³/mol. The molecule has 1 fully saturated rings. The van der Waals surface area contributed by atoms with E-state index in [9.17, 15) is 9.90 Å². The summed E-state index contributed by atoms with van der Waals surface area (Å²) in [6, 6.07) is 7.12. The van der Waals surface area contributed by atoms with E-state index in [1.165, 1.54) is 0 Å². The van der Waals surface area contributed by atoms with E-state index in [1.54, 1.807) is 37.3 Å². The van der Waals surface area contributed by atoms with Crippen molar-refractivity contribution >= 4 is 5.91 Å². The van der Waals surface area contributed by atoms with Crippen molar-refractivity contribution in [3.63, 3.8) is 0 Å². The molecule has 0 spiro atoms. The number of amides is 1. The highest BCUT2D eigenvalue weighted by atomic mass is 16.5. The number of hydrogen-bond acceptors (Lipinski definition) is 5. The summed E-state index contributed by atoms with van der Waals surface area (Å²) in [6.07, 6.45) is 1.56. The van der Waals surface area contributed by atoms with Gasteiger partial charge in [0.1, 0.15) is 18.0 Å². The van der Waals surface area contributed by atoms with Gasteiger partial charge in [-0.15, -0.1) is 0 Å². The molecule has 0 unspecified atom stereocenters. The van der Waals surface area contributed by atoms with Gasteiger partial charge in [-0.2, -0.15) is 0 Å². The maximum absolute atomic E-state index is 12.7. The normalized spacial score (nSPS) is 21.3. The Labute approximate surface area is 136 Å². The Kier molecular flexibility index (Phi) is 6.38. The molecule has 1 atom stereocenters. The zero-order valence-corrected chi connectivity index (χ0v) is 13.8. The van der Waals surface area contributed by atoms with Gasteiger partial charge in [0.05, 0.1) is 19.8 Å². The Morgan fingerprint density at radius 1 is 1.35 bits per heavy atom. The van der Waals surface area contributed by atoms with Gasteiger partial charge in [-0.05, 0) is 31.0 Å². The third-order valence-electron chi connectivity index (χ3n) is 4.18. The van der Waals surface area contributed by atoms with E-state index in [4.69, 9.17) is 14.2 Å². The van der Waals surface area contributed by atoms with Gasteiger partial charge in [0.15, 0.2) is 0 Å². The lowest BCUT2D eigenvalue weighted by molar-refractivity contribution is -0.0883. The minimum Gasteiger partial charge on any atom is -0.491 e. The number of hydrogen-bond donors (Lipinski definition) is 1. The van der Waals surface area contributed by atoms with Crippen LogP contribution < -0.4 is 4.74 Å². The Bertz CT molecular complexity index is 515. The van der Waals surface area contributed by atoms with E-state index in [1.807, 2.05) is 6.07 Å². The predicted octanol–water partition coefficient (Wildman–Crippen LogP) is 1.33. The number of carbonyl (C=O) groups is 1. The molecule has 1 heterocycles. The molecule has 1 aromatic rings. The molecule has 1 aromatic carbocycles. The lowest BCUT2D eigenvalue weighted by Gasteiger charge is -2.40. The second-order valence-electron chi connectivity index (χ2n) is 5.74. The maximum atomic E-state index is 12.7. The number of aliphatic hydroxyl groups is 1. The summed E-state index contributed by atoms with van der Waals surface area (Å²) in [5.74, 6) is 0.571. The molecule has 0 aromatic heterocycles. The minimum absolute atomic E-state index is 0.0724. The SMILES string of the molecule is COCCOc1cccc(C(=O)N2CCC[C@@](CO)(OC)C2)c1. The van der Waals surface area contributed by atoms with Crippen LogP contribution in [0.1, 0.15) is 23.2 Å². The number of methoxy groups -OCH3 is 2. The van der Waals surface area contributed by atoms with Crippen LogP contribution in [0.4, 0.5) is 0 Å². The summed E-state index contributed by atoms with van der Waals surface area (Å²) in [6.45, 7) is 1.91. The van der Waals surface area contributed by atoms with E-state index >= 15 is 0 Å². The molecule has 6 heteroatoms. The summed E-state index contributed by atoms with van der Waals surface area (Å²) in [5, 5.41) is 9.58. The summed E-state index contributed by atoms with van der Waals surface area (Å²) < 4.78 is 15.9. The van der Waals surface area contributed by atoms with Crippen LogP contribution in [0.15, 0.2) is 24.3 Å². The van der Waals surface area contributed by atoms with E-state index in [0.717, 1.165) is 12.8 Å². The van der Waals surface area contributed by atoms with Gasteiger partial charge in [0.25, 0.3) is 5.91 Å². The van der Waals surface area contributed by atoms with Crippen LogP contribution in [0.2, 0.25) is 0 Å². The Hall–Kier alpha value is -1.63. The molecule has 1 aliphatic rings. The van der Waals surface area contributed by atoms with Crippen molar-refractivity contribution < 1.29 is 24.1 Å². The van der Waals surface area contributed by atoms with Gasteiger partial charge in [-0.1, -0.05) is 6.07 Å². The molecule has 0 radical (unpaired) electrons. The van der Waals surface area contributed by atoms with Crippen LogP contribution in [0.3, 0.4) is 0 Å². The summed E-state index contributed by atoms with van der Waals surface area (Å²) >= 11 is 0. The molecular formula is C17H25NO5. The molecule has 23 heavy (non-hydrogen) atoms. The highest BCUT2D eigenvalue weighted by molar-refractivity contribution is 5.94. The van der Waals surface area contributed by atoms with Crippen LogP contribution in [0.5, 0.6) is 5.75 Å². The number of nitrogens with zero attached hydrogens (tertiary/aromatic N) is 1. The van der Waals surface area contributed by atoms with Crippen LogP contribution in [-0.4, -0.2) is 68.6 Å². The fourth-order valence-electron chi connectivity index (χ4n) is 2.78. The third-order valence-corrected chi connectivity index (χ3v) is 4.18. The second-order valence-corrected chi connectivity index (χ2v) is 5.74. The number of rotatable bonds is 7. The van der Waals surface area contributed by atoms with Crippen molar-refractivity contribution in [2.75, 3.05) is 47.1 Å². The first-order chi connectivity index (χ1) is 11.1. The lowest BCUT2D eigenvalue weighted by atomic mass is 9.93. The highest BCUT2D eigenvalue weighted by Gasteiger charge is 2.37. The Balaban J connectivity index is 2.06. The molecule has 1 saturated heterocycles. The average Bonchev–Trinajstić information content (AvgIpc) is 2.61. The molecular weight excluding hydrogens is 298 g/mol. The van der Waals surface area contributed by atoms with Crippen molar-refractivity contribution in [1.82, 2.24) is 4.90 Å². The topological polar surface area (TPSA) is 68.2 Å². The molecule has 0 aliphatic carbocycles. The fourth-order valence-corrected chi connectivity index (χ4v) is 2.78. The van der Waals surface area contributed by atoms with Gasteiger partial charge in [0.2, 0.25) is 0 Å². The smallest absolute Gasteiger partial charge is 0.254 e. The van der Waals surface area contributed by atoms with Crippen molar-refractivity contribution in [2.24, 2.45) is 0 Å². The largest absolute Gasteiger partial charge is 0.491 e. The maximum Gasteiger partial charge on any atom is 0.254 e. The molecule has 128 valence electrons. The van der Waals surface area contributed by atoms with Gasteiger partial charge in [-0.3, -0.25) is 4.79 Å². The van der Waals surface area contributed by atoms with Gasteiger partial charge < -0.3 is 24.2 Å². The van der Waals surface area contributed by atoms with Crippen LogP contribution >= 0.6 is 0 Å². The van der Waals surface area contributed by atoms with Gasteiger partial charge in [0, 0.05) is 26.3 Å². The zero-order valence-electron chi connectivity index (χ0n) is 13.8. The van der Waals surface area contributed by atoms with Crippen molar-refractivity contribution in [3.8, 4) is 5.75 Å². The molecule has 0 bridgehead atoms. The molecule has 1 aliphatic heterocycles. The average molecular weight is 323 g/mol. The van der Waals surface area contributed by atoms with E-state index < -0.39 is 5.60 Å². The molecule has 2 rings (SSSR count). The zero-order chi connectivity index (χ0) is 16.7. The van der Waals surface area contributed by atoms with Crippen LogP contribution in [0, 0.1) is 0 Å². The molecule has 1 N–H and O–H groups in total. The van der Waals surface area contributed by atoms with E-state index in [-0.39, 0.29) is 12.5 Å². The van der Waals surface area contributed by atoms with Crippen molar-refractivity contribution in [2.45, 2.75) is 18.4 Å². The summed E-state index contributed by atoms with van der Waals surface area (Å²) in [5.41, 5.74) is -0.0784. The molecule has 6 nitrogen and oxygen atoms in total. The number of aliphatic hydroxyl groups excluding tert-OH is 1. The quantitative estimate of drug-likeness (QED) is 0.767. The molecule has 0 saturated carbocycles. The number of benzene rings is 1. The number of carbonyl (C=O) groups excluding carboxylic acids is 1. The minimum atomic E-state index is -0.652. The number of piperidine rings is 1.